The van der Waals surface area contributed by atoms with E-state index in [9.17, 15) is 0 Å². The average molecular weight is 253 g/mol. The fourth-order valence-corrected chi connectivity index (χ4v) is 3.11. The van der Waals surface area contributed by atoms with E-state index in [0.717, 1.165) is 29.3 Å². The maximum absolute atomic E-state index is 4.56. The predicted octanol–water partition coefficient (Wildman–Crippen LogP) is 3.68. The third-order valence-corrected chi connectivity index (χ3v) is 4.32. The highest BCUT2D eigenvalue weighted by atomic mass is 32.1. The molecular weight excluding hydrogens is 230 g/mol. The number of nitrogens with zero attached hydrogens (tertiary/aromatic N) is 2. The molecule has 1 N–H and O–H groups in total. The van der Waals surface area contributed by atoms with Gasteiger partial charge in [0, 0.05) is 23.5 Å². The van der Waals surface area contributed by atoms with Crippen LogP contribution in [0.25, 0.3) is 0 Å². The lowest BCUT2D eigenvalue weighted by atomic mass is 9.96. The van der Waals surface area contributed by atoms with Crippen molar-refractivity contribution in [3.63, 3.8) is 0 Å². The summed E-state index contributed by atoms with van der Waals surface area (Å²) in [5.74, 6) is 2.62. The van der Waals surface area contributed by atoms with Crippen LogP contribution in [0.15, 0.2) is 0 Å². The zero-order chi connectivity index (χ0) is 12.5. The lowest BCUT2D eigenvalue weighted by Crippen LogP contribution is -2.17. The zero-order valence-corrected chi connectivity index (χ0v) is 12.1. The van der Waals surface area contributed by atoms with Crippen molar-refractivity contribution in [2.45, 2.75) is 52.4 Å². The molecule has 96 valence electrons. The molecule has 17 heavy (non-hydrogen) atoms. The van der Waals surface area contributed by atoms with Gasteiger partial charge in [-0.3, -0.25) is 0 Å². The van der Waals surface area contributed by atoms with Crippen LogP contribution in [0.5, 0.6) is 0 Å². The van der Waals surface area contributed by atoms with Crippen LogP contribution in [0.1, 0.15) is 52.8 Å². The van der Waals surface area contributed by atoms with Gasteiger partial charge in [0.25, 0.3) is 0 Å². The number of hydrogen-bond acceptors (Lipinski definition) is 4. The summed E-state index contributed by atoms with van der Waals surface area (Å²) in [6.07, 6.45) is 4.13. The van der Waals surface area contributed by atoms with Gasteiger partial charge in [-0.1, -0.05) is 40.5 Å². The quantitative estimate of drug-likeness (QED) is 0.893. The molecule has 2 rings (SSSR count). The van der Waals surface area contributed by atoms with Crippen LogP contribution in [0.4, 0.5) is 5.13 Å². The summed E-state index contributed by atoms with van der Waals surface area (Å²) in [6, 6.07) is 0. The van der Waals surface area contributed by atoms with Crippen molar-refractivity contribution in [2.24, 2.45) is 11.8 Å². The molecule has 1 aromatic heterocycles. The Balaban J connectivity index is 1.89. The Hall–Kier alpha value is -0.640. The summed E-state index contributed by atoms with van der Waals surface area (Å²) in [4.78, 5) is 4.56. The summed E-state index contributed by atoms with van der Waals surface area (Å²) in [5.41, 5.74) is 0.0527. The minimum atomic E-state index is 0.0527. The van der Waals surface area contributed by atoms with Gasteiger partial charge >= 0.3 is 0 Å². The van der Waals surface area contributed by atoms with Crippen molar-refractivity contribution >= 4 is 16.7 Å². The van der Waals surface area contributed by atoms with Gasteiger partial charge in [0.05, 0.1) is 0 Å². The van der Waals surface area contributed by atoms with Gasteiger partial charge in [-0.15, -0.1) is 0 Å². The molecule has 0 spiro atoms. The van der Waals surface area contributed by atoms with Gasteiger partial charge in [-0.05, 0) is 18.3 Å². The van der Waals surface area contributed by atoms with E-state index in [1.165, 1.54) is 30.8 Å². The second-order valence-electron chi connectivity index (χ2n) is 6.22. The highest BCUT2D eigenvalue weighted by molar-refractivity contribution is 7.09. The van der Waals surface area contributed by atoms with Crippen molar-refractivity contribution in [3.8, 4) is 0 Å². The lowest BCUT2D eigenvalue weighted by molar-refractivity contribution is 0.439. The van der Waals surface area contributed by atoms with Crippen LogP contribution >= 0.6 is 11.5 Å². The largest absolute Gasteiger partial charge is 0.360 e. The molecule has 0 radical (unpaired) electrons. The molecule has 0 aromatic carbocycles. The maximum atomic E-state index is 4.56. The molecule has 2 atom stereocenters. The smallest absolute Gasteiger partial charge is 0.202 e. The van der Waals surface area contributed by atoms with E-state index in [0.29, 0.717) is 0 Å². The number of anilines is 1. The zero-order valence-electron chi connectivity index (χ0n) is 11.3. The third-order valence-electron chi connectivity index (χ3n) is 3.65. The van der Waals surface area contributed by atoms with E-state index in [1.54, 1.807) is 0 Å². The summed E-state index contributed by atoms with van der Waals surface area (Å²) in [7, 11) is 0. The molecule has 1 fully saturated rings. The molecule has 0 saturated heterocycles. The fourth-order valence-electron chi connectivity index (χ4n) is 2.34. The predicted molar refractivity (Wildman–Crippen MR) is 73.6 cm³/mol. The van der Waals surface area contributed by atoms with Crippen molar-refractivity contribution in [2.75, 3.05) is 11.9 Å². The topological polar surface area (TPSA) is 37.8 Å². The molecule has 1 aromatic rings. The molecule has 4 heteroatoms. The first kappa shape index (κ1) is 12.8. The third kappa shape index (κ3) is 3.18. The molecule has 1 aliphatic carbocycles. The first-order chi connectivity index (χ1) is 7.97. The molecule has 0 bridgehead atoms. The summed E-state index contributed by atoms with van der Waals surface area (Å²) >= 11 is 1.49. The number of nitrogens with one attached hydrogen (secondary N) is 1. The van der Waals surface area contributed by atoms with Crippen LogP contribution in [-0.4, -0.2) is 15.9 Å². The molecule has 1 aliphatic rings. The Kier molecular flexibility index (Phi) is 3.71. The summed E-state index contributed by atoms with van der Waals surface area (Å²) < 4.78 is 4.42. The van der Waals surface area contributed by atoms with E-state index < -0.39 is 0 Å². The van der Waals surface area contributed by atoms with Gasteiger partial charge in [0.1, 0.15) is 5.82 Å². The van der Waals surface area contributed by atoms with Gasteiger partial charge < -0.3 is 5.32 Å². The minimum absolute atomic E-state index is 0.0527. The first-order valence-corrected chi connectivity index (χ1v) is 7.32. The Morgan fingerprint density at radius 3 is 2.65 bits per heavy atom. The normalized spacial score (nSPS) is 25.2. The number of aromatic nitrogens is 2. The van der Waals surface area contributed by atoms with Crippen LogP contribution < -0.4 is 5.32 Å². The standard InChI is InChI=1S/C13H23N3S/c1-9-6-5-7-10(9)8-14-12-15-11(16-17-12)13(2,3)4/h9-10H,5-8H2,1-4H3,(H,14,15,16). The van der Waals surface area contributed by atoms with Crippen LogP contribution in [0.3, 0.4) is 0 Å². The molecule has 2 unspecified atom stereocenters. The molecule has 0 amide bonds. The molecule has 1 heterocycles. The summed E-state index contributed by atoms with van der Waals surface area (Å²) in [6.45, 7) is 9.87. The Morgan fingerprint density at radius 1 is 1.35 bits per heavy atom. The first-order valence-electron chi connectivity index (χ1n) is 6.55. The SMILES string of the molecule is CC1CCCC1CNc1nc(C(C)(C)C)ns1. The van der Waals surface area contributed by atoms with E-state index in [2.05, 4.69) is 42.4 Å². The fraction of sp³-hybridized carbons (Fsp3) is 0.846. The van der Waals surface area contributed by atoms with E-state index in [1.807, 2.05) is 0 Å². The van der Waals surface area contributed by atoms with Crippen LogP contribution in [0.2, 0.25) is 0 Å². The van der Waals surface area contributed by atoms with Gasteiger partial charge in [0.15, 0.2) is 0 Å². The Bertz CT molecular complexity index is 367. The van der Waals surface area contributed by atoms with Crippen molar-refractivity contribution in [1.82, 2.24) is 9.36 Å². The van der Waals surface area contributed by atoms with E-state index in [-0.39, 0.29) is 5.41 Å². The Morgan fingerprint density at radius 2 is 2.12 bits per heavy atom. The van der Waals surface area contributed by atoms with Crippen LogP contribution in [0, 0.1) is 11.8 Å². The maximum Gasteiger partial charge on any atom is 0.202 e. The Labute approximate surface area is 108 Å². The molecule has 3 nitrogen and oxygen atoms in total. The van der Waals surface area contributed by atoms with Crippen molar-refractivity contribution in [3.05, 3.63) is 5.82 Å². The highest BCUT2D eigenvalue weighted by Crippen LogP contribution is 2.31. The van der Waals surface area contributed by atoms with Gasteiger partial charge in [0.2, 0.25) is 5.13 Å². The van der Waals surface area contributed by atoms with Gasteiger partial charge in [-0.2, -0.15) is 4.37 Å². The van der Waals surface area contributed by atoms with Crippen LogP contribution in [-0.2, 0) is 5.41 Å². The molecule has 0 aliphatic heterocycles. The average Bonchev–Trinajstić information content (AvgIpc) is 2.82. The minimum Gasteiger partial charge on any atom is -0.360 e. The molecule has 1 saturated carbocycles. The second-order valence-corrected chi connectivity index (χ2v) is 6.97. The summed E-state index contributed by atoms with van der Waals surface area (Å²) in [5, 5.41) is 4.43. The molecular formula is C13H23N3S. The monoisotopic (exact) mass is 253 g/mol. The highest BCUT2D eigenvalue weighted by Gasteiger charge is 2.24. The van der Waals surface area contributed by atoms with E-state index in [4.69, 9.17) is 0 Å². The second kappa shape index (κ2) is 4.92. The lowest BCUT2D eigenvalue weighted by Gasteiger charge is -2.15. The van der Waals surface area contributed by atoms with Gasteiger partial charge in [-0.25, -0.2) is 4.98 Å². The van der Waals surface area contributed by atoms with Crippen molar-refractivity contribution in [1.29, 1.82) is 0 Å². The number of hydrogen-bond donors (Lipinski definition) is 1. The number of rotatable bonds is 3. The van der Waals surface area contributed by atoms with E-state index >= 15 is 0 Å². The van der Waals surface area contributed by atoms with Crippen molar-refractivity contribution < 1.29 is 0 Å².